The van der Waals surface area contributed by atoms with Gasteiger partial charge in [0.2, 0.25) is 15.9 Å². The zero-order valence-electron chi connectivity index (χ0n) is 22.1. The second-order valence-electron chi connectivity index (χ2n) is 10.8. The number of piperidine rings is 1. The van der Waals surface area contributed by atoms with Crippen molar-refractivity contribution >= 4 is 21.6 Å². The molecule has 2 aliphatic rings. The number of rotatable bonds is 10. The molecule has 1 amide bonds. The monoisotopic (exact) mass is 547 g/mol. The molecule has 1 heterocycles. The van der Waals surface area contributed by atoms with Gasteiger partial charge in [0.15, 0.2) is 0 Å². The molecule has 1 saturated heterocycles. The lowest BCUT2D eigenvalue weighted by atomic mass is 9.91. The number of carbonyl (C=O) groups excluding carboxylic acids is 1. The van der Waals surface area contributed by atoms with Crippen LogP contribution in [0.4, 0.5) is 14.5 Å². The van der Waals surface area contributed by atoms with Gasteiger partial charge < -0.3 is 5.32 Å². The van der Waals surface area contributed by atoms with E-state index >= 15 is 0 Å². The number of hydrogen-bond acceptors (Lipinski definition) is 4. The van der Waals surface area contributed by atoms with Crippen molar-refractivity contribution in [3.05, 3.63) is 65.7 Å². The van der Waals surface area contributed by atoms with Crippen molar-refractivity contribution in [1.29, 1.82) is 0 Å². The molecular formula is C29H39F2N3O3S. The summed E-state index contributed by atoms with van der Waals surface area (Å²) in [5, 5.41) is 3.08. The first-order valence-electron chi connectivity index (χ1n) is 13.7. The van der Waals surface area contributed by atoms with Gasteiger partial charge in [-0.15, -0.1) is 0 Å². The minimum Gasteiger partial charge on any atom is -0.353 e. The van der Waals surface area contributed by atoms with Crippen molar-refractivity contribution in [3.63, 3.8) is 0 Å². The molecule has 0 aromatic heterocycles. The summed E-state index contributed by atoms with van der Waals surface area (Å²) in [5.41, 5.74) is 1.14. The normalized spacial score (nSPS) is 18.7. The summed E-state index contributed by atoms with van der Waals surface area (Å²) >= 11 is 0. The number of amides is 1. The Kier molecular flexibility index (Phi) is 9.76. The van der Waals surface area contributed by atoms with Gasteiger partial charge in [0.1, 0.15) is 11.6 Å². The predicted octanol–water partition coefficient (Wildman–Crippen LogP) is 4.89. The third-order valence-electron chi connectivity index (χ3n) is 7.83. The summed E-state index contributed by atoms with van der Waals surface area (Å²) in [7, 11) is -3.63. The highest BCUT2D eigenvalue weighted by Gasteiger charge is 2.31. The molecule has 2 fully saturated rings. The molecule has 1 saturated carbocycles. The van der Waals surface area contributed by atoms with Gasteiger partial charge in [-0.25, -0.2) is 17.2 Å². The largest absolute Gasteiger partial charge is 0.353 e. The van der Waals surface area contributed by atoms with Crippen LogP contribution < -0.4 is 9.62 Å². The molecule has 1 aliphatic heterocycles. The maximum absolute atomic E-state index is 14.1. The first kappa shape index (κ1) is 28.5. The van der Waals surface area contributed by atoms with Crippen LogP contribution in [0.1, 0.15) is 57.4 Å². The molecule has 208 valence electrons. The summed E-state index contributed by atoms with van der Waals surface area (Å²) in [4.78, 5) is 14.7. The van der Waals surface area contributed by atoms with E-state index in [9.17, 15) is 22.0 Å². The van der Waals surface area contributed by atoms with Gasteiger partial charge >= 0.3 is 0 Å². The van der Waals surface area contributed by atoms with Gasteiger partial charge in [-0.3, -0.25) is 14.0 Å². The van der Waals surface area contributed by atoms with E-state index in [-0.39, 0.29) is 48.4 Å². The highest BCUT2D eigenvalue weighted by Crippen LogP contribution is 2.29. The van der Waals surface area contributed by atoms with Crippen molar-refractivity contribution in [1.82, 2.24) is 10.2 Å². The van der Waals surface area contributed by atoms with E-state index in [1.54, 1.807) is 24.3 Å². The summed E-state index contributed by atoms with van der Waals surface area (Å²) in [6.45, 7) is 3.71. The second kappa shape index (κ2) is 13.0. The minimum absolute atomic E-state index is 0.0424. The van der Waals surface area contributed by atoms with Crippen LogP contribution in [0.5, 0.6) is 0 Å². The van der Waals surface area contributed by atoms with Crippen molar-refractivity contribution in [2.24, 2.45) is 5.92 Å². The average Bonchev–Trinajstić information content (AvgIpc) is 2.89. The average molecular weight is 548 g/mol. The Morgan fingerprint density at radius 1 is 1.00 bits per heavy atom. The number of sulfonamides is 1. The van der Waals surface area contributed by atoms with Gasteiger partial charge in [0.05, 0.1) is 17.9 Å². The van der Waals surface area contributed by atoms with Crippen LogP contribution in [0, 0.1) is 17.6 Å². The van der Waals surface area contributed by atoms with E-state index in [2.05, 4.69) is 10.2 Å². The third-order valence-corrected chi connectivity index (χ3v) is 9.75. The van der Waals surface area contributed by atoms with Crippen molar-refractivity contribution in [2.45, 2.75) is 70.4 Å². The zero-order chi connectivity index (χ0) is 27.1. The van der Waals surface area contributed by atoms with Gasteiger partial charge in [0.25, 0.3) is 0 Å². The van der Waals surface area contributed by atoms with Gasteiger partial charge in [-0.2, -0.15) is 0 Å². The lowest BCUT2D eigenvalue weighted by Gasteiger charge is -2.39. The van der Waals surface area contributed by atoms with Crippen LogP contribution in [0.25, 0.3) is 0 Å². The Labute approximate surface area is 225 Å². The fourth-order valence-electron chi connectivity index (χ4n) is 5.66. The first-order chi connectivity index (χ1) is 18.2. The first-order valence-corrected chi connectivity index (χ1v) is 15.3. The molecule has 6 nitrogen and oxygen atoms in total. The van der Waals surface area contributed by atoms with Crippen LogP contribution in [-0.2, 0) is 21.2 Å². The molecule has 2 aromatic rings. The molecule has 38 heavy (non-hydrogen) atoms. The van der Waals surface area contributed by atoms with E-state index in [1.807, 2.05) is 6.92 Å². The maximum atomic E-state index is 14.1. The molecule has 1 N–H and O–H groups in total. The second-order valence-corrected chi connectivity index (χ2v) is 12.8. The van der Waals surface area contributed by atoms with E-state index in [1.165, 1.54) is 28.6 Å². The summed E-state index contributed by atoms with van der Waals surface area (Å²) < 4.78 is 55.8. The summed E-state index contributed by atoms with van der Waals surface area (Å²) in [5.74, 6) is -0.625. The molecule has 1 atom stereocenters. The van der Waals surface area contributed by atoms with E-state index < -0.39 is 15.8 Å². The molecule has 1 aliphatic carbocycles. The number of carbonyl (C=O) groups is 1. The number of likely N-dealkylation sites (tertiary alicyclic amines) is 1. The topological polar surface area (TPSA) is 69.7 Å². The Morgan fingerprint density at radius 3 is 2.34 bits per heavy atom. The number of nitrogens with zero attached hydrogens (tertiary/aromatic N) is 2. The molecule has 2 aromatic carbocycles. The number of hydrogen-bond donors (Lipinski definition) is 1. The number of anilines is 1. The highest BCUT2D eigenvalue weighted by atomic mass is 32.2. The Hall–Kier alpha value is -2.52. The highest BCUT2D eigenvalue weighted by molar-refractivity contribution is 7.92. The number of nitrogens with one attached hydrogen (secondary N) is 1. The van der Waals surface area contributed by atoms with Crippen LogP contribution in [-0.4, -0.2) is 56.7 Å². The SMILES string of the molecule is C[C@@H](CN(c1cccc(F)c1)S(=O)(=O)CC1CCCCC1)N1CCC(NC(=O)Cc2ccc(F)cc2)CC1. The molecule has 4 rings (SSSR count). The van der Waals surface area contributed by atoms with E-state index in [0.717, 1.165) is 63.6 Å². The standard InChI is InChI=1S/C29H39F2N3O3S/c1-22(33-16-14-27(15-17-33)32-29(35)18-23-10-12-25(30)13-11-23)20-34(28-9-5-8-26(31)19-28)38(36,37)21-24-6-3-2-4-7-24/h5,8-13,19,22,24,27H,2-4,6-7,14-18,20-21H2,1H3,(H,32,35)/t22-/m0/s1. The molecule has 0 bridgehead atoms. The lowest BCUT2D eigenvalue weighted by molar-refractivity contribution is -0.121. The summed E-state index contributed by atoms with van der Waals surface area (Å²) in [6.07, 6.45) is 6.85. The maximum Gasteiger partial charge on any atom is 0.235 e. The smallest absolute Gasteiger partial charge is 0.235 e. The Bertz CT molecular complexity index is 1160. The fourth-order valence-corrected chi connectivity index (χ4v) is 7.65. The Morgan fingerprint density at radius 2 is 1.68 bits per heavy atom. The van der Waals surface area contributed by atoms with E-state index in [0.29, 0.717) is 5.69 Å². The van der Waals surface area contributed by atoms with Crippen molar-refractivity contribution in [3.8, 4) is 0 Å². The Balaban J connectivity index is 1.34. The van der Waals surface area contributed by atoms with Crippen LogP contribution in [0.15, 0.2) is 48.5 Å². The van der Waals surface area contributed by atoms with Crippen molar-refractivity contribution in [2.75, 3.05) is 29.7 Å². The zero-order valence-corrected chi connectivity index (χ0v) is 22.9. The van der Waals surface area contributed by atoms with Gasteiger partial charge in [-0.05, 0) is 74.4 Å². The molecule has 0 radical (unpaired) electrons. The lowest BCUT2D eigenvalue weighted by Crippen LogP contribution is -2.51. The van der Waals surface area contributed by atoms with Crippen LogP contribution in [0.2, 0.25) is 0 Å². The van der Waals surface area contributed by atoms with Gasteiger partial charge in [0, 0.05) is 31.7 Å². The predicted molar refractivity (Wildman–Crippen MR) is 146 cm³/mol. The minimum atomic E-state index is -3.63. The summed E-state index contributed by atoms with van der Waals surface area (Å²) in [6, 6.07) is 11.8. The van der Waals surface area contributed by atoms with E-state index in [4.69, 9.17) is 0 Å². The molecule has 0 unspecified atom stereocenters. The van der Waals surface area contributed by atoms with Gasteiger partial charge in [-0.1, -0.05) is 37.5 Å². The molecular weight excluding hydrogens is 508 g/mol. The molecule has 9 heteroatoms. The van der Waals surface area contributed by atoms with Crippen LogP contribution in [0.3, 0.4) is 0 Å². The third kappa shape index (κ3) is 7.99. The number of benzene rings is 2. The fraction of sp³-hybridized carbons (Fsp3) is 0.552. The number of halogens is 2. The quantitative estimate of drug-likeness (QED) is 0.460. The van der Waals surface area contributed by atoms with Crippen LogP contribution >= 0.6 is 0 Å². The van der Waals surface area contributed by atoms with Crippen molar-refractivity contribution < 1.29 is 22.0 Å². The molecule has 0 spiro atoms.